The fourth-order valence-corrected chi connectivity index (χ4v) is 4.88. The van der Waals surface area contributed by atoms with Crippen molar-refractivity contribution in [3.63, 3.8) is 0 Å². The van der Waals surface area contributed by atoms with Gasteiger partial charge >= 0.3 is 0 Å². The Hall–Kier alpha value is -3.42. The first-order valence-electron chi connectivity index (χ1n) is 10.6. The Morgan fingerprint density at radius 3 is 2.18 bits per heavy atom. The number of carbonyl (C=O) groups is 1. The third-order valence-electron chi connectivity index (χ3n) is 6.06. The molecule has 1 atom stereocenters. The Labute approximate surface area is 194 Å². The smallest absolute Gasteiger partial charge is 0.294 e. The van der Waals surface area contributed by atoms with Gasteiger partial charge in [-0.3, -0.25) is 14.2 Å². The van der Waals surface area contributed by atoms with Crippen LogP contribution in [0.5, 0.6) is 0 Å². The highest BCUT2D eigenvalue weighted by Crippen LogP contribution is 2.49. The Morgan fingerprint density at radius 1 is 1.00 bits per heavy atom. The minimum Gasteiger partial charge on any atom is -0.333 e. The van der Waals surface area contributed by atoms with Gasteiger partial charge in [-0.15, -0.1) is 0 Å². The SMILES string of the molecule is CC(=O)N(/C=C/C1N(c2ccccc2)c2ccc(S(=O)(=O)O)cc2C1(C)C)c1ccccc1. The molecule has 0 radical (unpaired) electrons. The average molecular weight is 463 g/mol. The highest BCUT2D eigenvalue weighted by Gasteiger charge is 2.44. The number of rotatable bonds is 5. The first kappa shape index (κ1) is 22.8. The zero-order valence-corrected chi connectivity index (χ0v) is 19.5. The number of fused-ring (bicyclic) bond motifs is 1. The molecule has 0 spiro atoms. The molecule has 0 bridgehead atoms. The van der Waals surface area contributed by atoms with Crippen LogP contribution in [0.25, 0.3) is 0 Å². The summed E-state index contributed by atoms with van der Waals surface area (Å²) in [5, 5.41) is 0. The highest BCUT2D eigenvalue weighted by atomic mass is 32.2. The van der Waals surface area contributed by atoms with Crippen LogP contribution in [0.4, 0.5) is 17.1 Å². The molecule has 0 aromatic heterocycles. The molecule has 170 valence electrons. The van der Waals surface area contributed by atoms with E-state index in [4.69, 9.17) is 0 Å². The van der Waals surface area contributed by atoms with Crippen molar-refractivity contribution in [2.24, 2.45) is 0 Å². The highest BCUT2D eigenvalue weighted by molar-refractivity contribution is 7.85. The van der Waals surface area contributed by atoms with Crippen LogP contribution in [0.2, 0.25) is 0 Å². The molecule has 1 amide bonds. The normalized spacial score (nSPS) is 17.2. The molecular weight excluding hydrogens is 436 g/mol. The summed E-state index contributed by atoms with van der Waals surface area (Å²) in [6, 6.07) is 23.6. The molecule has 1 N–H and O–H groups in total. The van der Waals surface area contributed by atoms with Crippen molar-refractivity contribution in [2.45, 2.75) is 37.1 Å². The summed E-state index contributed by atoms with van der Waals surface area (Å²) >= 11 is 0. The van der Waals surface area contributed by atoms with E-state index < -0.39 is 15.5 Å². The van der Waals surface area contributed by atoms with Gasteiger partial charge in [-0.25, -0.2) is 0 Å². The van der Waals surface area contributed by atoms with Crippen LogP contribution in [0.15, 0.2) is 96.0 Å². The first-order valence-corrected chi connectivity index (χ1v) is 12.0. The first-order chi connectivity index (χ1) is 15.6. The standard InChI is InChI=1S/C26H26N2O4S/c1-19(29)27(20-10-6-4-7-11-20)17-16-25-26(2,3)23-18-22(33(30,31)32)14-15-24(23)28(25)21-12-8-5-9-13-21/h4-18,25H,1-3H3,(H,30,31,32)/b17-16+. The van der Waals surface area contributed by atoms with Gasteiger partial charge in [0.05, 0.1) is 10.9 Å². The van der Waals surface area contributed by atoms with Gasteiger partial charge in [0.15, 0.2) is 0 Å². The van der Waals surface area contributed by atoms with Crippen molar-refractivity contribution in [1.82, 2.24) is 0 Å². The predicted molar refractivity (Wildman–Crippen MR) is 130 cm³/mol. The summed E-state index contributed by atoms with van der Waals surface area (Å²) in [5.41, 5.74) is 2.82. The van der Waals surface area contributed by atoms with Gasteiger partial charge in [-0.1, -0.05) is 50.2 Å². The van der Waals surface area contributed by atoms with Gasteiger partial charge in [-0.2, -0.15) is 8.42 Å². The fourth-order valence-electron chi connectivity index (χ4n) is 4.38. The lowest BCUT2D eigenvalue weighted by Crippen LogP contribution is -2.38. The Balaban J connectivity index is 1.84. The Morgan fingerprint density at radius 2 is 1.61 bits per heavy atom. The van der Waals surface area contributed by atoms with E-state index in [9.17, 15) is 17.8 Å². The second-order valence-electron chi connectivity index (χ2n) is 8.59. The number of anilines is 3. The topological polar surface area (TPSA) is 77.9 Å². The summed E-state index contributed by atoms with van der Waals surface area (Å²) < 4.78 is 33.2. The van der Waals surface area contributed by atoms with Crippen molar-refractivity contribution < 1.29 is 17.8 Å². The molecule has 0 fully saturated rings. The summed E-state index contributed by atoms with van der Waals surface area (Å²) in [6.45, 7) is 5.57. The lowest BCUT2D eigenvalue weighted by atomic mass is 9.80. The molecule has 1 heterocycles. The largest absolute Gasteiger partial charge is 0.333 e. The molecule has 0 saturated carbocycles. The maximum Gasteiger partial charge on any atom is 0.294 e. The van der Waals surface area contributed by atoms with Crippen molar-refractivity contribution in [1.29, 1.82) is 0 Å². The summed E-state index contributed by atoms with van der Waals surface area (Å²) in [5.74, 6) is -0.120. The average Bonchev–Trinajstić information content (AvgIpc) is 3.00. The summed E-state index contributed by atoms with van der Waals surface area (Å²) in [7, 11) is -4.34. The summed E-state index contributed by atoms with van der Waals surface area (Å²) in [6.07, 6.45) is 3.74. The number of nitrogens with zero attached hydrogens (tertiary/aromatic N) is 2. The molecular formula is C26H26N2O4S. The molecule has 4 rings (SSSR count). The minimum absolute atomic E-state index is 0.120. The lowest BCUT2D eigenvalue weighted by Gasteiger charge is -2.33. The number of hydrogen-bond acceptors (Lipinski definition) is 4. The van der Waals surface area contributed by atoms with Gasteiger partial charge in [0.2, 0.25) is 5.91 Å². The van der Waals surface area contributed by atoms with Crippen LogP contribution < -0.4 is 9.80 Å². The van der Waals surface area contributed by atoms with E-state index in [1.165, 1.54) is 19.1 Å². The van der Waals surface area contributed by atoms with Gasteiger partial charge in [0.1, 0.15) is 0 Å². The molecule has 33 heavy (non-hydrogen) atoms. The van der Waals surface area contributed by atoms with E-state index in [0.717, 1.165) is 22.6 Å². The molecule has 0 aliphatic carbocycles. The van der Waals surface area contributed by atoms with Crippen LogP contribution >= 0.6 is 0 Å². The van der Waals surface area contributed by atoms with Gasteiger partial charge in [0, 0.05) is 35.6 Å². The van der Waals surface area contributed by atoms with Crippen LogP contribution in [0.1, 0.15) is 26.3 Å². The molecule has 0 saturated heterocycles. The van der Waals surface area contributed by atoms with E-state index in [0.29, 0.717) is 0 Å². The fraction of sp³-hybridized carbons (Fsp3) is 0.192. The number of amides is 1. The van der Waals surface area contributed by atoms with Gasteiger partial charge in [-0.05, 0) is 54.1 Å². The zero-order chi connectivity index (χ0) is 23.8. The third-order valence-corrected chi connectivity index (χ3v) is 6.91. The van der Waals surface area contributed by atoms with Crippen LogP contribution in [0.3, 0.4) is 0 Å². The predicted octanol–water partition coefficient (Wildman–Crippen LogP) is 5.30. The van der Waals surface area contributed by atoms with Crippen LogP contribution in [-0.2, 0) is 20.3 Å². The summed E-state index contributed by atoms with van der Waals surface area (Å²) in [4.78, 5) is 16.0. The number of carbonyl (C=O) groups excluding carboxylic acids is 1. The number of hydrogen-bond donors (Lipinski definition) is 1. The Bertz CT molecular complexity index is 1300. The Kier molecular flexibility index (Phi) is 5.86. The van der Waals surface area contributed by atoms with E-state index in [2.05, 4.69) is 4.90 Å². The number of benzene rings is 3. The second-order valence-corrected chi connectivity index (χ2v) is 10.0. The van der Waals surface area contributed by atoms with E-state index in [1.54, 1.807) is 17.2 Å². The molecule has 3 aromatic rings. The maximum absolute atomic E-state index is 12.4. The van der Waals surface area contributed by atoms with Gasteiger partial charge in [0.25, 0.3) is 10.1 Å². The monoisotopic (exact) mass is 462 g/mol. The van der Waals surface area contributed by atoms with E-state index >= 15 is 0 Å². The second kappa shape index (κ2) is 8.50. The van der Waals surface area contributed by atoms with Crippen LogP contribution in [-0.4, -0.2) is 24.9 Å². The molecule has 1 unspecified atom stereocenters. The van der Waals surface area contributed by atoms with Crippen LogP contribution in [0, 0.1) is 0 Å². The van der Waals surface area contributed by atoms with E-state index in [1.807, 2.05) is 80.6 Å². The molecule has 1 aliphatic heterocycles. The molecule has 3 aromatic carbocycles. The molecule has 1 aliphatic rings. The number of para-hydroxylation sites is 2. The maximum atomic E-state index is 12.4. The van der Waals surface area contributed by atoms with Crippen molar-refractivity contribution >= 4 is 33.1 Å². The van der Waals surface area contributed by atoms with Crippen molar-refractivity contribution in [2.75, 3.05) is 9.80 Å². The lowest BCUT2D eigenvalue weighted by molar-refractivity contribution is -0.116. The van der Waals surface area contributed by atoms with E-state index in [-0.39, 0.29) is 16.8 Å². The minimum atomic E-state index is -4.34. The van der Waals surface area contributed by atoms with Crippen molar-refractivity contribution in [3.8, 4) is 0 Å². The zero-order valence-electron chi connectivity index (χ0n) is 18.7. The van der Waals surface area contributed by atoms with Crippen molar-refractivity contribution in [3.05, 3.63) is 96.7 Å². The molecule has 6 nitrogen and oxygen atoms in total. The quantitative estimate of drug-likeness (QED) is 0.521. The van der Waals surface area contributed by atoms with Gasteiger partial charge < -0.3 is 4.90 Å². The molecule has 7 heteroatoms. The third kappa shape index (κ3) is 4.29.